The second kappa shape index (κ2) is 8.60. The first-order chi connectivity index (χ1) is 14.3. The monoisotopic (exact) mass is 427 g/mol. The molecule has 3 aromatic rings. The van der Waals surface area contributed by atoms with Gasteiger partial charge < -0.3 is 14.9 Å². The van der Waals surface area contributed by atoms with Crippen LogP contribution in [-0.4, -0.2) is 54.4 Å². The summed E-state index contributed by atoms with van der Waals surface area (Å²) in [6, 6.07) is 10.5. The molecule has 0 atom stereocenters. The third kappa shape index (κ3) is 4.01. The van der Waals surface area contributed by atoms with Crippen LogP contribution in [0.3, 0.4) is 0 Å². The summed E-state index contributed by atoms with van der Waals surface area (Å²) in [5, 5.41) is 10.6. The first kappa shape index (κ1) is 19.3. The number of thiophene rings is 1. The first-order valence-corrected chi connectivity index (χ1v) is 12.3. The van der Waals surface area contributed by atoms with Gasteiger partial charge >= 0.3 is 0 Å². The van der Waals surface area contributed by atoms with Crippen molar-refractivity contribution in [3.05, 3.63) is 46.6 Å². The van der Waals surface area contributed by atoms with Gasteiger partial charge in [0.1, 0.15) is 23.0 Å². The second-order valence-electron chi connectivity index (χ2n) is 7.81. The number of benzene rings is 1. The van der Waals surface area contributed by atoms with Crippen LogP contribution in [-0.2, 0) is 18.6 Å². The van der Waals surface area contributed by atoms with Crippen LogP contribution in [0.25, 0.3) is 10.2 Å². The van der Waals surface area contributed by atoms with Crippen molar-refractivity contribution in [2.75, 3.05) is 44.2 Å². The molecule has 0 saturated carbocycles. The van der Waals surface area contributed by atoms with Gasteiger partial charge in [0.05, 0.1) is 43.9 Å². The maximum atomic E-state index is 9.25. The van der Waals surface area contributed by atoms with Crippen molar-refractivity contribution in [3.8, 4) is 0 Å². The Kier molecular flexibility index (Phi) is 5.72. The van der Waals surface area contributed by atoms with Crippen LogP contribution in [0.4, 0.5) is 5.82 Å². The Morgan fingerprint density at radius 2 is 1.93 bits per heavy atom. The first-order valence-electron chi connectivity index (χ1n) is 10.5. The highest BCUT2D eigenvalue weighted by Crippen LogP contribution is 2.41. The molecule has 1 aliphatic heterocycles. The number of aliphatic hydroxyl groups excluding tert-OH is 1. The number of aliphatic hydroxyl groups is 1. The lowest BCUT2D eigenvalue weighted by atomic mass is 10.1. The minimum Gasteiger partial charge on any atom is -0.391 e. The molecule has 2 N–H and O–H groups in total. The van der Waals surface area contributed by atoms with Gasteiger partial charge in [-0.2, -0.15) is 0 Å². The van der Waals surface area contributed by atoms with Crippen molar-refractivity contribution in [2.24, 2.45) is 0 Å². The predicted molar refractivity (Wildman–Crippen MR) is 120 cm³/mol. The molecule has 3 heterocycles. The molecule has 1 aromatic carbocycles. The van der Waals surface area contributed by atoms with Crippen molar-refractivity contribution < 1.29 is 10.0 Å². The number of thioether (sulfide) groups is 1. The Labute approximate surface area is 179 Å². The van der Waals surface area contributed by atoms with Crippen molar-refractivity contribution in [1.82, 2.24) is 9.97 Å². The molecule has 0 bridgehead atoms. The number of aromatic nitrogens is 2. The van der Waals surface area contributed by atoms with E-state index in [4.69, 9.17) is 9.97 Å². The van der Waals surface area contributed by atoms with E-state index in [0.717, 1.165) is 50.1 Å². The molecule has 5 rings (SSSR count). The smallest absolute Gasteiger partial charge is 0.142 e. The van der Waals surface area contributed by atoms with Crippen LogP contribution in [0.1, 0.15) is 22.7 Å². The van der Waals surface area contributed by atoms with Crippen LogP contribution in [0.2, 0.25) is 0 Å². The van der Waals surface area contributed by atoms with E-state index in [1.165, 1.54) is 49.7 Å². The summed E-state index contributed by atoms with van der Waals surface area (Å²) in [5.41, 5.74) is 1.51. The van der Waals surface area contributed by atoms with Gasteiger partial charge in [0.25, 0.3) is 0 Å². The van der Waals surface area contributed by atoms with E-state index in [0.29, 0.717) is 0 Å². The molecule has 7 heteroatoms. The Morgan fingerprint density at radius 3 is 2.72 bits per heavy atom. The third-order valence-electron chi connectivity index (χ3n) is 5.94. The van der Waals surface area contributed by atoms with Gasteiger partial charge in [-0.25, -0.2) is 9.97 Å². The lowest BCUT2D eigenvalue weighted by Crippen LogP contribution is -3.15. The molecule has 0 radical (unpaired) electrons. The number of rotatable bonds is 6. The highest BCUT2D eigenvalue weighted by atomic mass is 32.2. The van der Waals surface area contributed by atoms with Gasteiger partial charge in [-0.05, 0) is 37.0 Å². The molecule has 0 spiro atoms. The molecule has 2 aliphatic rings. The average Bonchev–Trinajstić information content (AvgIpc) is 3.34. The Hall–Kier alpha value is -1.67. The molecule has 2 aromatic heterocycles. The normalized spacial score (nSPS) is 17.2. The van der Waals surface area contributed by atoms with Gasteiger partial charge in [0, 0.05) is 9.77 Å². The summed E-state index contributed by atoms with van der Waals surface area (Å²) in [6.45, 7) is 5.24. The number of nitrogens with one attached hydrogen (secondary N) is 1. The van der Waals surface area contributed by atoms with Crippen molar-refractivity contribution in [2.45, 2.75) is 29.9 Å². The number of fused-ring (bicyclic) bond motifs is 3. The van der Waals surface area contributed by atoms with Gasteiger partial charge in [0.15, 0.2) is 0 Å². The number of hydrogen-bond donors (Lipinski definition) is 2. The van der Waals surface area contributed by atoms with Crippen molar-refractivity contribution in [3.63, 3.8) is 0 Å². The molecular formula is C22H27N4OS2+. The average molecular weight is 428 g/mol. The SMILES string of the molecule is OCC[NH+]1CCN(c2nc(CSc3ccccc3)nc3sc4c(c23)CCC4)CC1. The molecule has 1 aliphatic carbocycles. The van der Waals surface area contributed by atoms with Crippen LogP contribution in [0.15, 0.2) is 35.2 Å². The molecule has 5 nitrogen and oxygen atoms in total. The number of nitrogens with zero attached hydrogens (tertiary/aromatic N) is 3. The van der Waals surface area contributed by atoms with E-state index in [2.05, 4.69) is 35.2 Å². The topological polar surface area (TPSA) is 53.7 Å². The van der Waals surface area contributed by atoms with Crippen LogP contribution in [0.5, 0.6) is 0 Å². The maximum Gasteiger partial charge on any atom is 0.142 e. The van der Waals surface area contributed by atoms with Gasteiger partial charge in [-0.3, -0.25) is 0 Å². The zero-order valence-electron chi connectivity index (χ0n) is 16.6. The fraction of sp³-hybridized carbons (Fsp3) is 0.455. The van der Waals surface area contributed by atoms with E-state index < -0.39 is 0 Å². The lowest BCUT2D eigenvalue weighted by molar-refractivity contribution is -0.900. The molecule has 0 unspecified atom stereocenters. The number of quaternary nitrogens is 1. The molecule has 1 saturated heterocycles. The molecular weight excluding hydrogens is 400 g/mol. The Bertz CT molecular complexity index is 983. The molecule has 1 fully saturated rings. The van der Waals surface area contributed by atoms with Gasteiger partial charge in [-0.1, -0.05) is 18.2 Å². The van der Waals surface area contributed by atoms with E-state index in [1.807, 2.05) is 11.3 Å². The fourth-order valence-corrected chi connectivity index (χ4v) is 6.47. The van der Waals surface area contributed by atoms with E-state index >= 15 is 0 Å². The number of anilines is 1. The summed E-state index contributed by atoms with van der Waals surface area (Å²) in [4.78, 5) is 18.0. The summed E-state index contributed by atoms with van der Waals surface area (Å²) < 4.78 is 0. The summed E-state index contributed by atoms with van der Waals surface area (Å²) in [7, 11) is 0. The molecule has 152 valence electrons. The van der Waals surface area contributed by atoms with Crippen LogP contribution < -0.4 is 9.80 Å². The third-order valence-corrected chi connectivity index (χ3v) is 8.13. The summed E-state index contributed by atoms with van der Waals surface area (Å²) >= 11 is 3.69. The maximum absolute atomic E-state index is 9.25. The van der Waals surface area contributed by atoms with Crippen LogP contribution in [0, 0.1) is 0 Å². The second-order valence-corrected chi connectivity index (χ2v) is 9.95. The zero-order chi connectivity index (χ0) is 19.6. The largest absolute Gasteiger partial charge is 0.391 e. The Balaban J connectivity index is 1.45. The quantitative estimate of drug-likeness (QED) is 0.591. The number of hydrogen-bond acceptors (Lipinski definition) is 6. The highest BCUT2D eigenvalue weighted by molar-refractivity contribution is 7.98. The fourth-order valence-electron chi connectivity index (χ4n) is 4.42. The summed E-state index contributed by atoms with van der Waals surface area (Å²) in [6.07, 6.45) is 3.62. The van der Waals surface area contributed by atoms with Crippen molar-refractivity contribution >= 4 is 39.1 Å². The van der Waals surface area contributed by atoms with E-state index in [9.17, 15) is 5.11 Å². The van der Waals surface area contributed by atoms with E-state index in [-0.39, 0.29) is 6.61 Å². The number of aryl methyl sites for hydroxylation is 2. The summed E-state index contributed by atoms with van der Waals surface area (Å²) in [5.74, 6) is 2.89. The van der Waals surface area contributed by atoms with Crippen LogP contribution >= 0.6 is 23.1 Å². The standard InChI is InChI=1S/C22H26N4OS2/c27-14-13-25-9-11-26(12-10-25)21-20-17-7-4-8-18(17)29-22(20)24-19(23-21)15-28-16-5-2-1-3-6-16/h1-3,5-6,27H,4,7-15H2/p+1. The zero-order valence-corrected chi connectivity index (χ0v) is 18.2. The van der Waals surface area contributed by atoms with E-state index in [1.54, 1.807) is 11.8 Å². The minimum absolute atomic E-state index is 0.270. The molecule has 0 amide bonds. The Morgan fingerprint density at radius 1 is 1.10 bits per heavy atom. The molecule has 29 heavy (non-hydrogen) atoms. The number of piperazine rings is 1. The lowest BCUT2D eigenvalue weighted by Gasteiger charge is -2.33. The van der Waals surface area contributed by atoms with Gasteiger partial charge in [0.2, 0.25) is 0 Å². The predicted octanol–water partition coefficient (Wildman–Crippen LogP) is 2.17. The van der Waals surface area contributed by atoms with Gasteiger partial charge in [-0.15, -0.1) is 23.1 Å². The van der Waals surface area contributed by atoms with Crippen molar-refractivity contribution in [1.29, 1.82) is 0 Å². The highest BCUT2D eigenvalue weighted by Gasteiger charge is 2.27. The minimum atomic E-state index is 0.270.